The lowest BCUT2D eigenvalue weighted by Crippen LogP contribution is -2.49. The van der Waals surface area contributed by atoms with Gasteiger partial charge in [-0.1, -0.05) is 65.7 Å². The van der Waals surface area contributed by atoms with Crippen LogP contribution in [0.15, 0.2) is 110 Å². The molecule has 0 spiro atoms. The fourth-order valence-electron chi connectivity index (χ4n) is 4.95. The van der Waals surface area contributed by atoms with E-state index in [-0.39, 0.29) is 48.9 Å². The lowest BCUT2D eigenvalue weighted by molar-refractivity contribution is -0.384. The zero-order valence-corrected chi connectivity index (χ0v) is 28.1. The van der Waals surface area contributed by atoms with Gasteiger partial charge < -0.3 is 0 Å². The number of hydrogen-bond acceptors (Lipinski definition) is 9. The van der Waals surface area contributed by atoms with Crippen molar-refractivity contribution in [2.45, 2.75) is 16.7 Å². The highest BCUT2D eigenvalue weighted by Crippen LogP contribution is 2.36. The number of amidine groups is 1. The number of anilines is 1. The average molecular weight is 722 g/mol. The number of rotatable bonds is 8. The average Bonchev–Trinajstić information content (AvgIpc) is 3.38. The summed E-state index contributed by atoms with van der Waals surface area (Å²) in [6.07, 6.45) is 3.58. The van der Waals surface area contributed by atoms with Crippen molar-refractivity contribution in [3.8, 4) is 0 Å². The Kier molecular flexibility index (Phi) is 8.83. The van der Waals surface area contributed by atoms with E-state index in [9.17, 15) is 28.1 Å². The van der Waals surface area contributed by atoms with Crippen LogP contribution in [0.1, 0.15) is 17.0 Å². The van der Waals surface area contributed by atoms with Crippen molar-refractivity contribution in [3.05, 3.63) is 138 Å². The van der Waals surface area contributed by atoms with Crippen molar-refractivity contribution in [3.63, 3.8) is 0 Å². The van der Waals surface area contributed by atoms with Crippen molar-refractivity contribution < 1.29 is 18.1 Å². The van der Waals surface area contributed by atoms with Gasteiger partial charge in [0.2, 0.25) is 0 Å². The van der Waals surface area contributed by atoms with Gasteiger partial charge in [0.05, 0.1) is 36.5 Å². The van der Waals surface area contributed by atoms with Gasteiger partial charge in [-0.15, -0.1) is 11.8 Å². The van der Waals surface area contributed by atoms with E-state index < -0.39 is 32.1 Å². The van der Waals surface area contributed by atoms with Crippen LogP contribution in [0, 0.1) is 17.0 Å². The van der Waals surface area contributed by atoms with Crippen molar-refractivity contribution >= 4 is 85.1 Å². The second-order valence-corrected chi connectivity index (χ2v) is 13.7. The summed E-state index contributed by atoms with van der Waals surface area (Å²) in [6.45, 7) is 1.55. The van der Waals surface area contributed by atoms with E-state index >= 15 is 0 Å². The Morgan fingerprint density at radius 1 is 0.958 bits per heavy atom. The van der Waals surface area contributed by atoms with Gasteiger partial charge in [-0.05, 0) is 55.2 Å². The third-order valence-corrected chi connectivity index (χ3v) is 9.94. The zero-order valence-electron chi connectivity index (χ0n) is 24.9. The van der Waals surface area contributed by atoms with Crippen LogP contribution < -0.4 is 15.3 Å². The fraction of sp³-hybridized carbons (Fsp3) is 0.0625. The third kappa shape index (κ3) is 6.18. The highest BCUT2D eigenvalue weighted by molar-refractivity contribution is 7.98. The van der Waals surface area contributed by atoms with Crippen LogP contribution in [-0.4, -0.2) is 41.0 Å². The van der Waals surface area contributed by atoms with Crippen LogP contribution >= 0.6 is 35.0 Å². The lowest BCUT2D eigenvalue weighted by Gasteiger charge is -2.22. The Balaban J connectivity index is 1.45. The van der Waals surface area contributed by atoms with E-state index in [0.29, 0.717) is 5.56 Å². The quantitative estimate of drug-likeness (QED) is 0.0834. The summed E-state index contributed by atoms with van der Waals surface area (Å²) in [5.74, 6) is -0.276. The Morgan fingerprint density at radius 3 is 2.25 bits per heavy atom. The summed E-state index contributed by atoms with van der Waals surface area (Å²) in [7, 11) is -4.43. The third-order valence-electron chi connectivity index (χ3n) is 7.25. The van der Waals surface area contributed by atoms with E-state index in [1.165, 1.54) is 12.1 Å². The number of thioether (sulfide) groups is 1. The number of aliphatic imine (C=N–C) groups is 1. The molecule has 1 N–H and O–H groups in total. The summed E-state index contributed by atoms with van der Waals surface area (Å²) in [4.78, 5) is 48.4. The first-order valence-corrected chi connectivity index (χ1v) is 17.4. The number of sulfonamides is 1. The number of benzene rings is 4. The standard InChI is InChI=1S/C32H22Cl2N6O6S2/c1-18-35-27-13-12-23(48(45,46)37-29-25(33)15-21(40(43)44)16-26(29)34)17-24(27)31(41)38(18)39-30(20-6-4-3-5-7-20)36-28(32(39)42)14-19-8-10-22(47-2)11-9-19/h3-17,37H,1-2H3/b28-14-. The lowest BCUT2D eigenvalue weighted by atomic mass is 10.2. The number of fused-ring (bicyclic) bond motifs is 1. The van der Waals surface area contributed by atoms with E-state index in [4.69, 9.17) is 23.2 Å². The number of halogens is 2. The predicted molar refractivity (Wildman–Crippen MR) is 187 cm³/mol. The number of carbonyl (C=O) groups is 1. The minimum absolute atomic E-state index is 0.0783. The van der Waals surface area contributed by atoms with Gasteiger partial charge in [0.1, 0.15) is 11.5 Å². The molecule has 0 saturated heterocycles. The molecule has 6 rings (SSSR count). The van der Waals surface area contributed by atoms with Crippen LogP contribution in [0.5, 0.6) is 0 Å². The molecule has 1 aromatic heterocycles. The molecule has 4 aromatic carbocycles. The van der Waals surface area contributed by atoms with Gasteiger partial charge in [0.25, 0.3) is 27.2 Å². The topological polar surface area (TPSA) is 157 Å². The molecular formula is C32H22Cl2N6O6S2. The Morgan fingerprint density at radius 2 is 1.62 bits per heavy atom. The van der Waals surface area contributed by atoms with E-state index in [1.54, 1.807) is 55.1 Å². The molecule has 12 nitrogen and oxygen atoms in total. The SMILES string of the molecule is CSc1ccc(/C=C2\N=C(c3ccccc3)N(n3c(C)nc4ccc(S(=O)(=O)Nc5c(Cl)cc([N+](=O)[O-])cc5Cl)cc4c3=O)C2=O)cc1. The smallest absolute Gasteiger partial charge is 0.277 e. The van der Waals surface area contributed by atoms with Gasteiger partial charge in [-0.3, -0.25) is 24.4 Å². The van der Waals surface area contributed by atoms with Crippen LogP contribution in [-0.2, 0) is 14.8 Å². The van der Waals surface area contributed by atoms with Crippen molar-refractivity contribution in [1.82, 2.24) is 9.66 Å². The summed E-state index contributed by atoms with van der Waals surface area (Å²) in [5.41, 5.74) is 0.0899. The van der Waals surface area contributed by atoms with E-state index in [2.05, 4.69) is 14.7 Å². The van der Waals surface area contributed by atoms with Crippen LogP contribution in [0.25, 0.3) is 17.0 Å². The van der Waals surface area contributed by atoms with E-state index in [1.807, 2.05) is 30.5 Å². The fourth-order valence-corrected chi connectivity index (χ4v) is 7.17. The van der Waals surface area contributed by atoms with Gasteiger partial charge in [0, 0.05) is 22.6 Å². The highest BCUT2D eigenvalue weighted by Gasteiger charge is 2.35. The van der Waals surface area contributed by atoms with Crippen LogP contribution in [0.2, 0.25) is 10.0 Å². The van der Waals surface area contributed by atoms with Crippen molar-refractivity contribution in [2.75, 3.05) is 16.0 Å². The molecule has 2 heterocycles. The maximum atomic E-state index is 14.2. The van der Waals surface area contributed by atoms with Gasteiger partial charge in [-0.25, -0.2) is 18.4 Å². The number of amides is 1. The summed E-state index contributed by atoms with van der Waals surface area (Å²) >= 11 is 13.8. The molecule has 0 saturated carbocycles. The van der Waals surface area contributed by atoms with E-state index in [0.717, 1.165) is 38.3 Å². The molecule has 0 radical (unpaired) electrons. The molecule has 5 aromatic rings. The molecule has 0 aliphatic carbocycles. The molecule has 16 heteroatoms. The Labute approximate surface area is 287 Å². The first-order chi connectivity index (χ1) is 22.9. The van der Waals surface area contributed by atoms with Crippen molar-refractivity contribution in [1.29, 1.82) is 0 Å². The number of nitrogens with one attached hydrogen (secondary N) is 1. The second kappa shape index (κ2) is 12.9. The second-order valence-electron chi connectivity index (χ2n) is 10.3. The molecule has 1 aliphatic heterocycles. The molecule has 242 valence electrons. The Hall–Kier alpha value is -5.02. The van der Waals surface area contributed by atoms with Crippen molar-refractivity contribution in [2.24, 2.45) is 4.99 Å². The molecule has 0 atom stereocenters. The highest BCUT2D eigenvalue weighted by atomic mass is 35.5. The molecule has 1 aliphatic rings. The normalized spacial score (nSPS) is 14.1. The first kappa shape index (κ1) is 32.9. The number of nitro benzene ring substituents is 1. The number of carbonyl (C=O) groups excluding carboxylic acids is 1. The van der Waals surface area contributed by atoms with Gasteiger partial charge in [0.15, 0.2) is 5.84 Å². The number of nitro groups is 1. The summed E-state index contributed by atoms with van der Waals surface area (Å²) in [6, 6.07) is 22.0. The van der Waals surface area contributed by atoms with Crippen LogP contribution in [0.3, 0.4) is 0 Å². The summed E-state index contributed by atoms with van der Waals surface area (Å²) in [5, 5.41) is 11.5. The molecular weight excluding hydrogens is 699 g/mol. The number of nitrogens with zero attached hydrogens (tertiary/aromatic N) is 5. The molecule has 0 bridgehead atoms. The molecule has 0 unspecified atom stereocenters. The minimum Gasteiger partial charge on any atom is -0.277 e. The zero-order chi connectivity index (χ0) is 34.3. The maximum Gasteiger partial charge on any atom is 0.297 e. The number of hydrogen-bond donors (Lipinski definition) is 1. The maximum absolute atomic E-state index is 14.2. The monoisotopic (exact) mass is 720 g/mol. The largest absolute Gasteiger partial charge is 0.297 e. The summed E-state index contributed by atoms with van der Waals surface area (Å²) < 4.78 is 30.2. The first-order valence-electron chi connectivity index (χ1n) is 13.9. The Bertz CT molecular complexity index is 2360. The molecule has 0 fully saturated rings. The molecule has 48 heavy (non-hydrogen) atoms. The number of non-ortho nitro benzene ring substituents is 1. The van der Waals surface area contributed by atoms with Gasteiger partial charge in [-0.2, -0.15) is 9.69 Å². The van der Waals surface area contributed by atoms with Crippen LogP contribution in [0.4, 0.5) is 11.4 Å². The number of aromatic nitrogens is 2. The van der Waals surface area contributed by atoms with Gasteiger partial charge >= 0.3 is 0 Å². The number of aryl methyl sites for hydroxylation is 1. The molecule has 1 amide bonds. The predicted octanol–water partition coefficient (Wildman–Crippen LogP) is 6.41. The minimum atomic E-state index is -4.43.